The van der Waals surface area contributed by atoms with Crippen LogP contribution in [0.5, 0.6) is 11.5 Å². The maximum absolute atomic E-state index is 12.3. The van der Waals surface area contributed by atoms with Gasteiger partial charge in [0, 0.05) is 44.4 Å². The van der Waals surface area contributed by atoms with Gasteiger partial charge in [-0.25, -0.2) is 0 Å². The van der Waals surface area contributed by atoms with Crippen LogP contribution in [0.4, 0.5) is 0 Å². The number of nitrogens with one attached hydrogen (secondary N) is 1. The van der Waals surface area contributed by atoms with E-state index in [2.05, 4.69) is 10.3 Å². The maximum Gasteiger partial charge on any atom is 0.252 e. The van der Waals surface area contributed by atoms with Crippen molar-refractivity contribution in [2.75, 3.05) is 33.9 Å². The van der Waals surface area contributed by atoms with Crippen molar-refractivity contribution in [3.63, 3.8) is 0 Å². The van der Waals surface area contributed by atoms with Gasteiger partial charge in [0.25, 0.3) is 5.91 Å². The van der Waals surface area contributed by atoms with E-state index in [0.29, 0.717) is 43.1 Å². The first-order valence-electron chi connectivity index (χ1n) is 9.27. The molecule has 1 aromatic heterocycles. The van der Waals surface area contributed by atoms with Crippen LogP contribution in [0, 0.1) is 5.92 Å². The smallest absolute Gasteiger partial charge is 0.252 e. The van der Waals surface area contributed by atoms with Gasteiger partial charge in [-0.05, 0) is 36.2 Å². The maximum atomic E-state index is 12.3. The Hall–Kier alpha value is -3.09. The van der Waals surface area contributed by atoms with Crippen molar-refractivity contribution < 1.29 is 19.1 Å². The van der Waals surface area contributed by atoms with Gasteiger partial charge in [0.15, 0.2) is 11.5 Å². The average molecular weight is 383 g/mol. The van der Waals surface area contributed by atoms with Crippen molar-refractivity contribution in [3.8, 4) is 11.5 Å². The van der Waals surface area contributed by atoms with E-state index in [1.165, 1.54) is 6.20 Å². The number of nitrogens with zero attached hydrogens (tertiary/aromatic N) is 2. The van der Waals surface area contributed by atoms with E-state index in [1.807, 2.05) is 23.1 Å². The first kappa shape index (κ1) is 19.7. The second-order valence-corrected chi connectivity index (χ2v) is 6.80. The number of carbonyl (C=O) groups is 2. The monoisotopic (exact) mass is 383 g/mol. The molecule has 7 heteroatoms. The molecule has 148 valence electrons. The van der Waals surface area contributed by atoms with Crippen molar-refractivity contribution in [1.82, 2.24) is 15.2 Å². The summed E-state index contributed by atoms with van der Waals surface area (Å²) in [7, 11) is 3.21. The summed E-state index contributed by atoms with van der Waals surface area (Å²) >= 11 is 0. The zero-order chi connectivity index (χ0) is 19.9. The van der Waals surface area contributed by atoms with Crippen molar-refractivity contribution in [2.24, 2.45) is 5.92 Å². The Kier molecular flexibility index (Phi) is 6.47. The second-order valence-electron chi connectivity index (χ2n) is 6.80. The van der Waals surface area contributed by atoms with Gasteiger partial charge < -0.3 is 19.7 Å². The Balaban J connectivity index is 1.49. The van der Waals surface area contributed by atoms with Crippen LogP contribution in [-0.4, -0.2) is 55.6 Å². The molecule has 1 N–H and O–H groups in total. The molecule has 0 saturated carbocycles. The molecule has 1 unspecified atom stereocenters. The van der Waals surface area contributed by atoms with Gasteiger partial charge in [0.2, 0.25) is 5.91 Å². The number of pyridine rings is 1. The van der Waals surface area contributed by atoms with Crippen LogP contribution in [0.3, 0.4) is 0 Å². The number of carbonyl (C=O) groups excluding carboxylic acids is 2. The highest BCUT2D eigenvalue weighted by molar-refractivity contribution is 5.93. The quantitative estimate of drug-likeness (QED) is 0.753. The summed E-state index contributed by atoms with van der Waals surface area (Å²) in [5, 5.41) is 2.90. The summed E-state index contributed by atoms with van der Waals surface area (Å²) in [5.74, 6) is 1.46. The predicted molar refractivity (Wildman–Crippen MR) is 105 cm³/mol. The van der Waals surface area contributed by atoms with E-state index in [0.717, 1.165) is 12.0 Å². The Morgan fingerprint density at radius 1 is 1.25 bits per heavy atom. The highest BCUT2D eigenvalue weighted by Crippen LogP contribution is 2.28. The molecule has 28 heavy (non-hydrogen) atoms. The third-order valence-electron chi connectivity index (χ3n) is 4.89. The lowest BCUT2D eigenvalue weighted by Gasteiger charge is -2.17. The Bertz CT molecular complexity index is 826. The molecule has 1 atom stereocenters. The fraction of sp³-hybridized carbons (Fsp3) is 0.381. The molecule has 1 saturated heterocycles. The normalized spacial score (nSPS) is 16.1. The van der Waals surface area contributed by atoms with E-state index in [1.54, 1.807) is 32.5 Å². The van der Waals surface area contributed by atoms with Crippen LogP contribution < -0.4 is 14.8 Å². The van der Waals surface area contributed by atoms with E-state index in [-0.39, 0.29) is 17.7 Å². The molecular formula is C21H25N3O4. The fourth-order valence-electron chi connectivity index (χ4n) is 3.34. The highest BCUT2D eigenvalue weighted by Gasteiger charge is 2.29. The van der Waals surface area contributed by atoms with E-state index in [4.69, 9.17) is 9.47 Å². The number of likely N-dealkylation sites (tertiary alicyclic amines) is 1. The lowest BCUT2D eigenvalue weighted by atomic mass is 10.1. The van der Waals surface area contributed by atoms with Crippen molar-refractivity contribution in [2.45, 2.75) is 12.8 Å². The first-order valence-corrected chi connectivity index (χ1v) is 9.27. The third-order valence-corrected chi connectivity index (χ3v) is 4.89. The molecule has 2 amide bonds. The molecule has 0 bridgehead atoms. The summed E-state index contributed by atoms with van der Waals surface area (Å²) in [5.41, 5.74) is 1.61. The summed E-state index contributed by atoms with van der Waals surface area (Å²) in [4.78, 5) is 30.2. The number of hydrogen-bond donors (Lipinski definition) is 1. The standard InChI is InChI=1S/C21H25N3O4/c1-27-18-6-5-15(10-19(18)28-2)7-9-24-14-16(11-20(24)25)12-23-21(26)17-4-3-8-22-13-17/h3-6,8,10,13,16H,7,9,11-12,14H2,1-2H3,(H,23,26). The van der Waals surface area contributed by atoms with Crippen molar-refractivity contribution in [1.29, 1.82) is 0 Å². The predicted octanol–water partition coefficient (Wildman–Crippen LogP) is 1.92. The van der Waals surface area contributed by atoms with Gasteiger partial charge in [-0.3, -0.25) is 14.6 Å². The zero-order valence-electron chi connectivity index (χ0n) is 16.2. The van der Waals surface area contributed by atoms with E-state index >= 15 is 0 Å². The van der Waals surface area contributed by atoms with Gasteiger partial charge in [0.1, 0.15) is 0 Å². The third kappa shape index (κ3) is 4.79. The van der Waals surface area contributed by atoms with Crippen LogP contribution in [0.2, 0.25) is 0 Å². The minimum Gasteiger partial charge on any atom is -0.493 e. The second kappa shape index (κ2) is 9.21. The first-order chi connectivity index (χ1) is 13.6. The molecule has 1 fully saturated rings. The lowest BCUT2D eigenvalue weighted by molar-refractivity contribution is -0.127. The van der Waals surface area contributed by atoms with Gasteiger partial charge in [0.05, 0.1) is 19.8 Å². The minimum absolute atomic E-state index is 0.124. The van der Waals surface area contributed by atoms with Crippen molar-refractivity contribution in [3.05, 3.63) is 53.9 Å². The summed E-state index contributed by atoms with van der Waals surface area (Å²) < 4.78 is 10.6. The molecule has 1 aromatic carbocycles. The molecule has 0 aliphatic carbocycles. The zero-order valence-corrected chi connectivity index (χ0v) is 16.2. The Labute approximate surface area is 164 Å². The molecular weight excluding hydrogens is 358 g/mol. The van der Waals surface area contributed by atoms with Gasteiger partial charge in [-0.15, -0.1) is 0 Å². The molecule has 3 rings (SSSR count). The Morgan fingerprint density at radius 3 is 2.79 bits per heavy atom. The lowest BCUT2D eigenvalue weighted by Crippen LogP contribution is -2.32. The number of benzene rings is 1. The van der Waals surface area contributed by atoms with Crippen LogP contribution in [0.15, 0.2) is 42.7 Å². The van der Waals surface area contributed by atoms with Crippen molar-refractivity contribution >= 4 is 11.8 Å². The number of methoxy groups -OCH3 is 2. The summed E-state index contributed by atoms with van der Waals surface area (Å²) in [6.07, 6.45) is 4.35. The molecule has 0 radical (unpaired) electrons. The molecule has 2 heterocycles. The van der Waals surface area contributed by atoms with Gasteiger partial charge in [-0.1, -0.05) is 6.07 Å². The number of ether oxygens (including phenoxy) is 2. The molecule has 1 aliphatic heterocycles. The van der Waals surface area contributed by atoms with Crippen LogP contribution in [0.25, 0.3) is 0 Å². The molecule has 7 nitrogen and oxygen atoms in total. The van der Waals surface area contributed by atoms with Crippen LogP contribution in [0.1, 0.15) is 22.3 Å². The molecule has 2 aromatic rings. The number of amides is 2. The summed E-state index contributed by atoms with van der Waals surface area (Å²) in [6, 6.07) is 9.23. The molecule has 1 aliphatic rings. The van der Waals surface area contributed by atoms with E-state index < -0.39 is 0 Å². The SMILES string of the molecule is COc1ccc(CCN2CC(CNC(=O)c3cccnc3)CC2=O)cc1OC. The topological polar surface area (TPSA) is 80.8 Å². The summed E-state index contributed by atoms with van der Waals surface area (Å²) in [6.45, 7) is 1.77. The fourth-order valence-corrected chi connectivity index (χ4v) is 3.34. The number of aromatic nitrogens is 1. The van der Waals surface area contributed by atoms with Gasteiger partial charge >= 0.3 is 0 Å². The highest BCUT2D eigenvalue weighted by atomic mass is 16.5. The number of rotatable bonds is 8. The Morgan fingerprint density at radius 2 is 2.07 bits per heavy atom. The van der Waals surface area contributed by atoms with Crippen LogP contribution in [-0.2, 0) is 11.2 Å². The molecule has 0 spiro atoms. The number of hydrogen-bond acceptors (Lipinski definition) is 5. The van der Waals surface area contributed by atoms with E-state index in [9.17, 15) is 9.59 Å². The van der Waals surface area contributed by atoms with Gasteiger partial charge in [-0.2, -0.15) is 0 Å². The average Bonchev–Trinajstić information content (AvgIpc) is 3.10. The van der Waals surface area contributed by atoms with Crippen LogP contribution >= 0.6 is 0 Å². The minimum atomic E-state index is -0.163. The largest absolute Gasteiger partial charge is 0.493 e.